The second kappa shape index (κ2) is 5.96. The lowest BCUT2D eigenvalue weighted by atomic mass is 9.99. The van der Waals surface area contributed by atoms with Gasteiger partial charge >= 0.3 is 0 Å². The van der Waals surface area contributed by atoms with Crippen molar-refractivity contribution in [3.63, 3.8) is 0 Å². The molecule has 0 aliphatic carbocycles. The molecule has 0 saturated carbocycles. The summed E-state index contributed by atoms with van der Waals surface area (Å²) in [6.07, 6.45) is 4.35. The smallest absolute Gasteiger partial charge is 0.0515 e. The van der Waals surface area contributed by atoms with Gasteiger partial charge in [0.15, 0.2) is 0 Å². The molecule has 18 heavy (non-hydrogen) atoms. The number of halogens is 1. The normalized spacial score (nSPS) is 12.4. The van der Waals surface area contributed by atoms with E-state index in [2.05, 4.69) is 10.4 Å². The van der Waals surface area contributed by atoms with Crippen LogP contribution in [0.1, 0.15) is 22.7 Å². The zero-order valence-electron chi connectivity index (χ0n) is 10.2. The van der Waals surface area contributed by atoms with Crippen LogP contribution in [0.2, 0.25) is 5.02 Å². The number of nitrogens with two attached hydrogens (primary N) is 1. The molecule has 0 spiro atoms. The summed E-state index contributed by atoms with van der Waals surface area (Å²) in [5, 5.41) is 0.738. The molecule has 3 nitrogen and oxygen atoms in total. The Balaban J connectivity index is 2.23. The van der Waals surface area contributed by atoms with Gasteiger partial charge < -0.3 is 0 Å². The Kier molecular flexibility index (Phi) is 4.31. The lowest BCUT2D eigenvalue weighted by Crippen LogP contribution is -2.29. The van der Waals surface area contributed by atoms with Gasteiger partial charge in [-0.2, -0.15) is 0 Å². The van der Waals surface area contributed by atoms with Gasteiger partial charge in [0.25, 0.3) is 0 Å². The van der Waals surface area contributed by atoms with E-state index in [1.807, 2.05) is 43.5 Å². The first kappa shape index (κ1) is 13.0. The summed E-state index contributed by atoms with van der Waals surface area (Å²) in [6.45, 7) is 2.02. The fourth-order valence-electron chi connectivity index (χ4n) is 1.93. The molecule has 3 N–H and O–H groups in total. The van der Waals surface area contributed by atoms with Crippen LogP contribution in [0, 0.1) is 6.92 Å². The number of hydrazine groups is 1. The Morgan fingerprint density at radius 3 is 2.83 bits per heavy atom. The van der Waals surface area contributed by atoms with Crippen LogP contribution in [-0.2, 0) is 6.42 Å². The van der Waals surface area contributed by atoms with Crippen molar-refractivity contribution in [2.24, 2.45) is 5.84 Å². The minimum absolute atomic E-state index is 0.0118. The standard InChI is InChI=1S/C14H16ClN3/c1-10-4-5-12(13(15)7-10)14(18-16)8-11-3-2-6-17-9-11/h2-7,9,14,18H,8,16H2,1H3. The first-order valence-electron chi connectivity index (χ1n) is 5.82. The van der Waals surface area contributed by atoms with Crippen LogP contribution >= 0.6 is 11.6 Å². The number of benzene rings is 1. The van der Waals surface area contributed by atoms with Crippen molar-refractivity contribution < 1.29 is 0 Å². The highest BCUT2D eigenvalue weighted by Crippen LogP contribution is 2.26. The average Bonchev–Trinajstić information content (AvgIpc) is 2.38. The Bertz CT molecular complexity index is 514. The molecule has 1 heterocycles. The molecule has 0 radical (unpaired) electrons. The summed E-state index contributed by atoms with van der Waals surface area (Å²) in [7, 11) is 0. The van der Waals surface area contributed by atoms with Crippen molar-refractivity contribution in [2.45, 2.75) is 19.4 Å². The minimum Gasteiger partial charge on any atom is -0.271 e. The third-order valence-electron chi connectivity index (χ3n) is 2.90. The zero-order chi connectivity index (χ0) is 13.0. The first-order chi connectivity index (χ1) is 8.70. The van der Waals surface area contributed by atoms with E-state index in [0.29, 0.717) is 0 Å². The molecule has 2 rings (SSSR count). The van der Waals surface area contributed by atoms with Gasteiger partial charge in [0.05, 0.1) is 6.04 Å². The van der Waals surface area contributed by atoms with Crippen LogP contribution in [0.5, 0.6) is 0 Å². The molecule has 0 fully saturated rings. The number of nitrogens with zero attached hydrogens (tertiary/aromatic N) is 1. The van der Waals surface area contributed by atoms with E-state index in [1.54, 1.807) is 6.20 Å². The summed E-state index contributed by atoms with van der Waals surface area (Å²) in [5.41, 5.74) is 6.08. The van der Waals surface area contributed by atoms with Gasteiger partial charge in [-0.1, -0.05) is 29.8 Å². The second-order valence-electron chi connectivity index (χ2n) is 4.31. The van der Waals surface area contributed by atoms with Crippen LogP contribution in [0.3, 0.4) is 0 Å². The monoisotopic (exact) mass is 261 g/mol. The predicted octanol–water partition coefficient (Wildman–Crippen LogP) is 2.79. The number of nitrogens with one attached hydrogen (secondary N) is 1. The van der Waals surface area contributed by atoms with E-state index in [-0.39, 0.29) is 6.04 Å². The molecule has 94 valence electrons. The minimum atomic E-state index is -0.0118. The Morgan fingerprint density at radius 1 is 1.39 bits per heavy atom. The van der Waals surface area contributed by atoms with E-state index >= 15 is 0 Å². The molecule has 0 bridgehead atoms. The van der Waals surface area contributed by atoms with Gasteiger partial charge in [-0.05, 0) is 42.2 Å². The third-order valence-corrected chi connectivity index (χ3v) is 3.22. The van der Waals surface area contributed by atoms with Crippen molar-refractivity contribution in [1.29, 1.82) is 0 Å². The van der Waals surface area contributed by atoms with E-state index < -0.39 is 0 Å². The van der Waals surface area contributed by atoms with Crippen LogP contribution in [0.4, 0.5) is 0 Å². The van der Waals surface area contributed by atoms with E-state index in [9.17, 15) is 0 Å². The zero-order valence-corrected chi connectivity index (χ0v) is 11.0. The molecule has 0 saturated heterocycles. The Hall–Kier alpha value is -1.42. The van der Waals surface area contributed by atoms with Crippen molar-refractivity contribution >= 4 is 11.6 Å². The Labute approximate surface area is 112 Å². The molecular formula is C14H16ClN3. The van der Waals surface area contributed by atoms with Crippen LogP contribution in [0.25, 0.3) is 0 Å². The predicted molar refractivity (Wildman–Crippen MR) is 74.2 cm³/mol. The van der Waals surface area contributed by atoms with Gasteiger partial charge in [0.1, 0.15) is 0 Å². The number of pyridine rings is 1. The summed E-state index contributed by atoms with van der Waals surface area (Å²) in [6, 6.07) is 9.93. The number of rotatable bonds is 4. The quantitative estimate of drug-likeness (QED) is 0.657. The molecule has 1 aromatic carbocycles. The fourth-order valence-corrected chi connectivity index (χ4v) is 2.29. The van der Waals surface area contributed by atoms with Crippen molar-refractivity contribution in [2.75, 3.05) is 0 Å². The van der Waals surface area contributed by atoms with E-state index in [4.69, 9.17) is 17.4 Å². The average molecular weight is 262 g/mol. The summed E-state index contributed by atoms with van der Waals surface area (Å²) in [5.74, 6) is 5.63. The highest BCUT2D eigenvalue weighted by molar-refractivity contribution is 6.31. The maximum atomic E-state index is 6.26. The number of hydrogen-bond donors (Lipinski definition) is 2. The molecule has 1 aromatic heterocycles. The molecule has 0 aliphatic heterocycles. The van der Waals surface area contributed by atoms with E-state index in [1.165, 1.54) is 0 Å². The topological polar surface area (TPSA) is 50.9 Å². The van der Waals surface area contributed by atoms with E-state index in [0.717, 1.165) is 28.1 Å². The van der Waals surface area contributed by atoms with Crippen molar-refractivity contribution in [3.05, 3.63) is 64.4 Å². The third kappa shape index (κ3) is 3.07. The summed E-state index contributed by atoms with van der Waals surface area (Å²) < 4.78 is 0. The van der Waals surface area contributed by atoms with Crippen molar-refractivity contribution in [1.82, 2.24) is 10.4 Å². The molecule has 1 atom stereocenters. The first-order valence-corrected chi connectivity index (χ1v) is 6.19. The van der Waals surface area contributed by atoms with Crippen LogP contribution in [0.15, 0.2) is 42.7 Å². The number of aromatic nitrogens is 1. The molecule has 4 heteroatoms. The van der Waals surface area contributed by atoms with Gasteiger partial charge in [-0.25, -0.2) is 0 Å². The summed E-state index contributed by atoms with van der Waals surface area (Å²) >= 11 is 6.26. The lowest BCUT2D eigenvalue weighted by molar-refractivity contribution is 0.551. The maximum Gasteiger partial charge on any atom is 0.0515 e. The molecular weight excluding hydrogens is 246 g/mol. The van der Waals surface area contributed by atoms with Crippen molar-refractivity contribution in [3.8, 4) is 0 Å². The fraction of sp³-hybridized carbons (Fsp3) is 0.214. The maximum absolute atomic E-state index is 6.26. The molecule has 0 amide bonds. The highest BCUT2D eigenvalue weighted by Gasteiger charge is 2.14. The van der Waals surface area contributed by atoms with Gasteiger partial charge in [0, 0.05) is 17.4 Å². The molecule has 1 unspecified atom stereocenters. The van der Waals surface area contributed by atoms with Gasteiger partial charge in [0.2, 0.25) is 0 Å². The molecule has 0 aliphatic rings. The highest BCUT2D eigenvalue weighted by atomic mass is 35.5. The molecule has 2 aromatic rings. The largest absolute Gasteiger partial charge is 0.271 e. The second-order valence-corrected chi connectivity index (χ2v) is 4.72. The van der Waals surface area contributed by atoms with Crippen LogP contribution in [-0.4, -0.2) is 4.98 Å². The van der Waals surface area contributed by atoms with Gasteiger partial charge in [-0.3, -0.25) is 16.3 Å². The SMILES string of the molecule is Cc1ccc(C(Cc2cccnc2)NN)c(Cl)c1. The van der Waals surface area contributed by atoms with Gasteiger partial charge in [-0.15, -0.1) is 0 Å². The lowest BCUT2D eigenvalue weighted by Gasteiger charge is -2.18. The summed E-state index contributed by atoms with van der Waals surface area (Å²) in [4.78, 5) is 4.10. The van der Waals surface area contributed by atoms with Crippen LogP contribution < -0.4 is 11.3 Å². The number of aryl methyl sites for hydroxylation is 1. The number of hydrogen-bond acceptors (Lipinski definition) is 3. The Morgan fingerprint density at radius 2 is 2.22 bits per heavy atom.